The molecule has 9 nitrogen and oxygen atoms in total. The minimum Gasteiger partial charge on any atom is -0.348 e. The molecule has 4 aromatic rings. The van der Waals surface area contributed by atoms with Crippen LogP contribution in [-0.4, -0.2) is 30.7 Å². The second-order valence-corrected chi connectivity index (χ2v) is 11.0. The number of amides is 1. The van der Waals surface area contributed by atoms with E-state index < -0.39 is 27.5 Å². The highest BCUT2D eigenvalue weighted by Gasteiger charge is 2.22. The third kappa shape index (κ3) is 5.63. The van der Waals surface area contributed by atoms with E-state index in [1.54, 1.807) is 72.0 Å². The van der Waals surface area contributed by atoms with Crippen LogP contribution in [0.3, 0.4) is 0 Å². The number of nitriles is 1. The van der Waals surface area contributed by atoms with Gasteiger partial charge in [-0.2, -0.15) is 10.4 Å². The summed E-state index contributed by atoms with van der Waals surface area (Å²) in [6.45, 7) is 1.72. The molecule has 0 fully saturated rings. The summed E-state index contributed by atoms with van der Waals surface area (Å²) in [6, 6.07) is 13.6. The molecule has 0 aliphatic heterocycles. The van der Waals surface area contributed by atoms with E-state index in [1.165, 1.54) is 30.7 Å². The van der Waals surface area contributed by atoms with Crippen LogP contribution in [0.2, 0.25) is 0 Å². The Kier molecular flexibility index (Phi) is 7.73. The van der Waals surface area contributed by atoms with E-state index in [-0.39, 0.29) is 28.8 Å². The SMILES string of the molecule is Cc1c(-c2cccc(C(F)F)c2)c(=O)c(C(=O)NCc2ccc(S(C)(=O)=NC#N)cc2)cn1-c1ccnn1C. The third-order valence-corrected chi connectivity index (χ3v) is 7.77. The molecule has 2 aromatic carbocycles. The van der Waals surface area contributed by atoms with Crippen LogP contribution in [0.5, 0.6) is 0 Å². The first-order valence-electron chi connectivity index (χ1n) is 11.6. The molecular formula is C27H24F2N6O3S. The topological polar surface area (TPSA) is 122 Å². The summed E-state index contributed by atoms with van der Waals surface area (Å²) in [6.07, 6.45) is 3.15. The number of benzene rings is 2. The Morgan fingerprint density at radius 1 is 1.21 bits per heavy atom. The van der Waals surface area contributed by atoms with Crippen molar-refractivity contribution in [2.24, 2.45) is 11.4 Å². The van der Waals surface area contributed by atoms with Crippen LogP contribution in [-0.2, 0) is 23.3 Å². The molecule has 4 rings (SSSR count). The molecule has 12 heteroatoms. The summed E-state index contributed by atoms with van der Waals surface area (Å²) in [5.74, 6) is -0.0978. The van der Waals surface area contributed by atoms with Gasteiger partial charge >= 0.3 is 0 Å². The van der Waals surface area contributed by atoms with Gasteiger partial charge in [0.25, 0.3) is 12.3 Å². The summed E-state index contributed by atoms with van der Waals surface area (Å²) >= 11 is 0. The highest BCUT2D eigenvalue weighted by Crippen LogP contribution is 2.27. The average molecular weight is 551 g/mol. The molecule has 1 atom stereocenters. The maximum absolute atomic E-state index is 13.6. The fourth-order valence-corrected chi connectivity index (χ4v) is 5.05. The van der Waals surface area contributed by atoms with Crippen LogP contribution in [0.4, 0.5) is 8.78 Å². The summed E-state index contributed by atoms with van der Waals surface area (Å²) in [5.41, 5.74) is 0.470. The first kappa shape index (κ1) is 27.4. The maximum Gasteiger partial charge on any atom is 0.263 e. The number of alkyl halides is 2. The summed E-state index contributed by atoms with van der Waals surface area (Å²) in [7, 11) is -1.15. The normalized spacial score (nSPS) is 12.5. The molecule has 0 spiro atoms. The molecule has 0 saturated carbocycles. The number of carbonyl (C=O) groups is 1. The van der Waals surface area contributed by atoms with Gasteiger partial charge in [-0.3, -0.25) is 14.3 Å². The molecule has 0 aliphatic rings. The molecule has 1 unspecified atom stereocenters. The zero-order valence-electron chi connectivity index (χ0n) is 21.3. The standard InChI is InChI=1S/C27H24F2N6O3S/c1-17-24(19-5-4-6-20(13-19)26(28)29)25(36)22(15-35(17)23-11-12-32-34(23)2)27(37)31-14-18-7-9-21(10-8-18)39(3,38)33-16-30/h4-13,15,26H,14H2,1-3H3,(H,31,37). The number of aryl methyl sites for hydroxylation is 1. The molecular weight excluding hydrogens is 526 g/mol. The highest BCUT2D eigenvalue weighted by molar-refractivity contribution is 7.93. The molecule has 1 N–H and O–H groups in total. The third-order valence-electron chi connectivity index (χ3n) is 6.20. The van der Waals surface area contributed by atoms with Gasteiger partial charge < -0.3 is 9.88 Å². The van der Waals surface area contributed by atoms with E-state index in [2.05, 4.69) is 14.8 Å². The summed E-state index contributed by atoms with van der Waals surface area (Å²) in [5, 5.41) is 15.6. The summed E-state index contributed by atoms with van der Waals surface area (Å²) in [4.78, 5) is 27.2. The highest BCUT2D eigenvalue weighted by atomic mass is 32.2. The maximum atomic E-state index is 13.6. The average Bonchev–Trinajstić information content (AvgIpc) is 3.33. The van der Waals surface area contributed by atoms with Crippen LogP contribution in [0.25, 0.3) is 16.9 Å². The first-order chi connectivity index (χ1) is 18.5. The summed E-state index contributed by atoms with van der Waals surface area (Å²) < 4.78 is 45.9. The van der Waals surface area contributed by atoms with Crippen LogP contribution in [0.1, 0.15) is 33.6 Å². The molecule has 1 amide bonds. The van der Waals surface area contributed by atoms with Gasteiger partial charge in [0.1, 0.15) is 11.4 Å². The van der Waals surface area contributed by atoms with Gasteiger partial charge in [-0.1, -0.05) is 30.3 Å². The van der Waals surface area contributed by atoms with E-state index in [4.69, 9.17) is 5.26 Å². The minimum absolute atomic E-state index is 0.0502. The number of pyridine rings is 1. The largest absolute Gasteiger partial charge is 0.348 e. The second-order valence-electron chi connectivity index (χ2n) is 8.76. The lowest BCUT2D eigenvalue weighted by Crippen LogP contribution is -2.31. The minimum atomic E-state index is -2.85. The Morgan fingerprint density at radius 3 is 2.54 bits per heavy atom. The number of rotatable bonds is 7. The van der Waals surface area contributed by atoms with Gasteiger partial charge in [-0.05, 0) is 36.2 Å². The lowest BCUT2D eigenvalue weighted by atomic mass is 9.99. The number of hydrogen-bond donors (Lipinski definition) is 1. The van der Waals surface area contributed by atoms with E-state index >= 15 is 0 Å². The van der Waals surface area contributed by atoms with Crippen molar-refractivity contribution in [2.45, 2.75) is 24.8 Å². The fraction of sp³-hybridized carbons (Fsp3) is 0.185. The van der Waals surface area contributed by atoms with Crippen molar-refractivity contribution in [2.75, 3.05) is 6.26 Å². The smallest absolute Gasteiger partial charge is 0.263 e. The first-order valence-corrected chi connectivity index (χ1v) is 13.6. The van der Waals surface area contributed by atoms with Crippen molar-refractivity contribution < 1.29 is 17.8 Å². The number of carbonyl (C=O) groups excluding carboxylic acids is 1. The van der Waals surface area contributed by atoms with Crippen molar-refractivity contribution in [3.63, 3.8) is 0 Å². The molecule has 2 heterocycles. The van der Waals surface area contributed by atoms with Gasteiger partial charge in [0.15, 0.2) is 0 Å². The van der Waals surface area contributed by atoms with Gasteiger partial charge in [0, 0.05) is 53.8 Å². The second kappa shape index (κ2) is 11.0. The zero-order valence-corrected chi connectivity index (χ0v) is 22.1. The predicted molar refractivity (Wildman–Crippen MR) is 142 cm³/mol. The zero-order chi connectivity index (χ0) is 28.3. The number of hydrogen-bond acceptors (Lipinski definition) is 6. The number of halogens is 2. The molecule has 2 aromatic heterocycles. The monoisotopic (exact) mass is 550 g/mol. The quantitative estimate of drug-likeness (QED) is 0.343. The van der Waals surface area contributed by atoms with Crippen molar-refractivity contribution in [3.05, 3.63) is 99.6 Å². The Hall–Kier alpha value is -4.63. The molecule has 0 radical (unpaired) electrons. The lowest BCUT2D eigenvalue weighted by Gasteiger charge is -2.17. The van der Waals surface area contributed by atoms with Crippen LogP contribution >= 0.6 is 0 Å². The Labute approximate surface area is 223 Å². The van der Waals surface area contributed by atoms with Crippen LogP contribution in [0, 0.1) is 18.4 Å². The lowest BCUT2D eigenvalue weighted by molar-refractivity contribution is 0.0949. The Balaban J connectivity index is 1.74. The molecule has 0 bridgehead atoms. The van der Waals surface area contributed by atoms with Crippen LogP contribution < -0.4 is 10.7 Å². The number of nitrogens with zero attached hydrogens (tertiary/aromatic N) is 5. The molecule has 0 saturated heterocycles. The van der Waals surface area contributed by atoms with E-state index in [0.29, 0.717) is 22.0 Å². The Morgan fingerprint density at radius 2 is 1.92 bits per heavy atom. The van der Waals surface area contributed by atoms with Gasteiger partial charge in [-0.15, -0.1) is 4.36 Å². The van der Waals surface area contributed by atoms with Crippen molar-refractivity contribution in [1.29, 1.82) is 5.26 Å². The predicted octanol–water partition coefficient (Wildman–Crippen LogP) is 4.35. The van der Waals surface area contributed by atoms with Gasteiger partial charge in [0.2, 0.25) is 11.6 Å². The Bertz CT molecular complexity index is 1780. The number of aromatic nitrogens is 3. The van der Waals surface area contributed by atoms with Crippen LogP contribution in [0.15, 0.2) is 81.0 Å². The molecule has 0 aliphatic carbocycles. The van der Waals surface area contributed by atoms with E-state index in [0.717, 1.165) is 0 Å². The van der Waals surface area contributed by atoms with Gasteiger partial charge in [-0.25, -0.2) is 13.0 Å². The molecule has 200 valence electrons. The van der Waals surface area contributed by atoms with Crippen molar-refractivity contribution in [1.82, 2.24) is 19.7 Å². The van der Waals surface area contributed by atoms with Crippen molar-refractivity contribution >= 4 is 15.6 Å². The van der Waals surface area contributed by atoms with E-state index in [9.17, 15) is 22.6 Å². The van der Waals surface area contributed by atoms with E-state index in [1.807, 2.05) is 0 Å². The molecule has 39 heavy (non-hydrogen) atoms. The fourth-order valence-electron chi connectivity index (χ4n) is 4.14. The van der Waals surface area contributed by atoms with Crippen molar-refractivity contribution in [3.8, 4) is 23.1 Å². The number of nitrogens with one attached hydrogen (secondary N) is 1. The van der Waals surface area contributed by atoms with Gasteiger partial charge in [0.05, 0.1) is 15.9 Å².